The van der Waals surface area contributed by atoms with Crippen LogP contribution in [0.4, 0.5) is 21.7 Å². The van der Waals surface area contributed by atoms with E-state index in [1.54, 1.807) is 17.1 Å². The Morgan fingerprint density at radius 1 is 1.03 bits per heavy atom. The number of aromatic nitrogens is 3. The third kappa shape index (κ3) is 4.45. The molecule has 180 valence electrons. The van der Waals surface area contributed by atoms with Crippen molar-refractivity contribution in [1.29, 1.82) is 0 Å². The highest BCUT2D eigenvalue weighted by Crippen LogP contribution is 2.42. The molecule has 0 bridgehead atoms. The lowest BCUT2D eigenvalue weighted by Crippen LogP contribution is -2.56. The monoisotopic (exact) mass is 466 g/mol. The summed E-state index contributed by atoms with van der Waals surface area (Å²) in [4.78, 5) is 9.41. The molecular formula is C25H31FN6O2. The molecule has 0 spiro atoms. The van der Waals surface area contributed by atoms with E-state index in [1.165, 1.54) is 43.3 Å². The van der Waals surface area contributed by atoms with Gasteiger partial charge in [-0.3, -0.25) is 4.90 Å². The van der Waals surface area contributed by atoms with Crippen LogP contribution < -0.4 is 15.0 Å². The Labute approximate surface area is 199 Å². The van der Waals surface area contributed by atoms with Crippen LogP contribution in [0.25, 0.3) is 5.69 Å². The van der Waals surface area contributed by atoms with Crippen LogP contribution in [0, 0.1) is 5.82 Å². The molecule has 3 aromatic rings. The Bertz CT molecular complexity index is 1170. The highest BCUT2D eigenvalue weighted by Gasteiger charge is 2.30. The fourth-order valence-electron chi connectivity index (χ4n) is 4.69. The second kappa shape index (κ2) is 8.88. The van der Waals surface area contributed by atoms with Crippen LogP contribution >= 0.6 is 0 Å². The van der Waals surface area contributed by atoms with Gasteiger partial charge >= 0.3 is 0 Å². The van der Waals surface area contributed by atoms with Gasteiger partial charge in [-0.05, 0) is 48.6 Å². The molecule has 2 saturated heterocycles. The van der Waals surface area contributed by atoms with Gasteiger partial charge in [0.1, 0.15) is 17.9 Å². The maximum absolute atomic E-state index is 13.9. The first-order chi connectivity index (χ1) is 16.6. The SMILES string of the molecule is COc1cc(F)cc(-n2cnc(Nc3cc(C4CC4)cc(N4CCN(C5COC5)CC4)c3)n2)c1.[HH]. The van der Waals surface area contributed by atoms with E-state index in [-0.39, 0.29) is 7.24 Å². The van der Waals surface area contributed by atoms with Crippen molar-refractivity contribution < 1.29 is 15.3 Å². The van der Waals surface area contributed by atoms with E-state index in [0.29, 0.717) is 29.3 Å². The number of hydrogen-bond donors (Lipinski definition) is 1. The molecule has 34 heavy (non-hydrogen) atoms. The number of benzene rings is 2. The molecule has 0 amide bonds. The minimum absolute atomic E-state index is 0. The third-order valence-electron chi connectivity index (χ3n) is 6.91. The number of ether oxygens (including phenoxy) is 2. The number of methoxy groups -OCH3 is 1. The van der Waals surface area contributed by atoms with E-state index in [1.807, 2.05) is 0 Å². The lowest BCUT2D eigenvalue weighted by molar-refractivity contribution is -0.0660. The molecule has 1 aromatic heterocycles. The first-order valence-electron chi connectivity index (χ1n) is 11.9. The van der Waals surface area contributed by atoms with Gasteiger partial charge in [-0.15, -0.1) is 5.10 Å². The van der Waals surface area contributed by atoms with Gasteiger partial charge in [-0.2, -0.15) is 4.98 Å². The topological polar surface area (TPSA) is 67.7 Å². The third-order valence-corrected chi connectivity index (χ3v) is 6.91. The molecule has 2 aliphatic heterocycles. The smallest absolute Gasteiger partial charge is 0.246 e. The normalized spacial score (nSPS) is 19.2. The van der Waals surface area contributed by atoms with Gasteiger partial charge in [0.25, 0.3) is 0 Å². The number of hydrogen-bond acceptors (Lipinski definition) is 7. The second-order valence-electron chi connectivity index (χ2n) is 9.29. The quantitative estimate of drug-likeness (QED) is 0.568. The van der Waals surface area contributed by atoms with Crippen LogP contribution in [0.15, 0.2) is 42.7 Å². The average molecular weight is 467 g/mol. The molecule has 0 atom stereocenters. The standard InChI is InChI=1S/C25H29FN6O2.H2/c1-33-24-11-19(26)10-22(13-24)32-16-27-25(29-32)28-20-8-18(17-2-3-17)9-21(12-20)30-4-6-31(7-5-30)23-14-34-15-23;/h8-13,16-17,23H,2-7,14-15H2,1H3,(H,28,29);1H. The zero-order valence-corrected chi connectivity index (χ0v) is 19.3. The Morgan fingerprint density at radius 3 is 2.56 bits per heavy atom. The lowest BCUT2D eigenvalue weighted by Gasteiger charge is -2.43. The molecule has 8 nitrogen and oxygen atoms in total. The zero-order chi connectivity index (χ0) is 23.1. The van der Waals surface area contributed by atoms with Gasteiger partial charge in [0.15, 0.2) is 0 Å². The van der Waals surface area contributed by atoms with E-state index in [0.717, 1.165) is 45.1 Å². The fraction of sp³-hybridized carbons (Fsp3) is 0.440. The molecule has 1 saturated carbocycles. The van der Waals surface area contributed by atoms with Crippen LogP contribution in [-0.4, -0.2) is 72.2 Å². The summed E-state index contributed by atoms with van der Waals surface area (Å²) < 4.78 is 26.0. The predicted octanol–water partition coefficient (Wildman–Crippen LogP) is 3.80. The van der Waals surface area contributed by atoms with Gasteiger partial charge in [0.2, 0.25) is 5.95 Å². The molecule has 1 N–H and O–H groups in total. The van der Waals surface area contributed by atoms with Gasteiger partial charge in [-0.1, -0.05) is 0 Å². The number of rotatable bonds is 7. The van der Waals surface area contributed by atoms with Crippen molar-refractivity contribution in [2.75, 3.05) is 56.7 Å². The predicted molar refractivity (Wildman–Crippen MR) is 130 cm³/mol. The Kier molecular flexibility index (Phi) is 5.58. The minimum atomic E-state index is -0.383. The lowest BCUT2D eigenvalue weighted by atomic mass is 10.1. The maximum Gasteiger partial charge on any atom is 0.246 e. The van der Waals surface area contributed by atoms with Gasteiger partial charge in [0, 0.05) is 51.1 Å². The van der Waals surface area contributed by atoms with Crippen LogP contribution in [0.2, 0.25) is 0 Å². The highest BCUT2D eigenvalue weighted by atomic mass is 19.1. The summed E-state index contributed by atoms with van der Waals surface area (Å²) >= 11 is 0. The van der Waals surface area contributed by atoms with Crippen molar-refractivity contribution in [3.63, 3.8) is 0 Å². The van der Waals surface area contributed by atoms with Crippen molar-refractivity contribution >= 4 is 17.3 Å². The minimum Gasteiger partial charge on any atom is -0.497 e. The van der Waals surface area contributed by atoms with E-state index >= 15 is 0 Å². The Morgan fingerprint density at radius 2 is 1.85 bits per heavy atom. The molecule has 6 rings (SSSR count). The van der Waals surface area contributed by atoms with Gasteiger partial charge < -0.3 is 19.7 Å². The van der Waals surface area contributed by atoms with E-state index in [9.17, 15) is 4.39 Å². The number of piperazine rings is 1. The molecule has 3 heterocycles. The summed E-state index contributed by atoms with van der Waals surface area (Å²) in [5.41, 5.74) is 4.14. The molecule has 3 aliphatic rings. The van der Waals surface area contributed by atoms with Gasteiger partial charge in [0.05, 0.1) is 32.1 Å². The molecule has 1 aliphatic carbocycles. The molecule has 0 unspecified atom stereocenters. The molecular weight excluding hydrogens is 435 g/mol. The fourth-order valence-corrected chi connectivity index (χ4v) is 4.69. The van der Waals surface area contributed by atoms with Crippen molar-refractivity contribution in [2.45, 2.75) is 24.8 Å². The van der Waals surface area contributed by atoms with E-state index in [2.05, 4.69) is 43.4 Å². The average Bonchev–Trinajstić information content (AvgIpc) is 3.57. The molecule has 2 aromatic carbocycles. The van der Waals surface area contributed by atoms with E-state index in [4.69, 9.17) is 9.47 Å². The first-order valence-corrected chi connectivity index (χ1v) is 11.9. The maximum atomic E-state index is 13.9. The zero-order valence-electron chi connectivity index (χ0n) is 19.3. The van der Waals surface area contributed by atoms with Crippen molar-refractivity contribution in [3.8, 4) is 11.4 Å². The summed E-state index contributed by atoms with van der Waals surface area (Å²) in [6, 6.07) is 11.8. The van der Waals surface area contributed by atoms with Crippen molar-refractivity contribution in [3.05, 3.63) is 54.1 Å². The number of nitrogens with one attached hydrogen (secondary N) is 1. The molecule has 9 heteroatoms. The van der Waals surface area contributed by atoms with Gasteiger partial charge in [-0.25, -0.2) is 9.07 Å². The first kappa shape index (κ1) is 21.4. The number of nitrogens with zero attached hydrogens (tertiary/aromatic N) is 5. The summed E-state index contributed by atoms with van der Waals surface area (Å²) in [7, 11) is 1.51. The van der Waals surface area contributed by atoms with Crippen LogP contribution in [0.5, 0.6) is 5.75 Å². The molecule has 3 fully saturated rings. The van der Waals surface area contributed by atoms with Crippen molar-refractivity contribution in [1.82, 2.24) is 19.7 Å². The summed E-state index contributed by atoms with van der Waals surface area (Å²) in [5.74, 6) is 1.16. The van der Waals surface area contributed by atoms with Crippen LogP contribution in [0.3, 0.4) is 0 Å². The van der Waals surface area contributed by atoms with Crippen molar-refractivity contribution in [2.24, 2.45) is 0 Å². The van der Waals surface area contributed by atoms with Crippen LogP contribution in [-0.2, 0) is 4.74 Å². The number of halogens is 1. The van der Waals surface area contributed by atoms with Crippen LogP contribution in [0.1, 0.15) is 25.7 Å². The second-order valence-corrected chi connectivity index (χ2v) is 9.29. The Balaban J connectivity index is 0.00000253. The largest absolute Gasteiger partial charge is 0.497 e. The summed E-state index contributed by atoms with van der Waals surface area (Å²) in [6.45, 7) is 5.89. The summed E-state index contributed by atoms with van der Waals surface area (Å²) in [6.07, 6.45) is 4.06. The Hall–Kier alpha value is -3.17. The summed E-state index contributed by atoms with van der Waals surface area (Å²) in [5, 5.41) is 7.87. The number of anilines is 3. The van der Waals surface area contributed by atoms with E-state index < -0.39 is 0 Å². The highest BCUT2D eigenvalue weighted by molar-refractivity contribution is 5.65. The molecule has 0 radical (unpaired) electrons.